The highest BCUT2D eigenvalue weighted by molar-refractivity contribution is 7.00. The second-order valence-electron chi connectivity index (χ2n) is 20.0. The molecule has 6 heteroatoms. The lowest BCUT2D eigenvalue weighted by Gasteiger charge is -2.26. The fraction of sp³-hybridized carbons (Fsp3) is 0.129. The topological polar surface area (TPSA) is 47.1 Å². The van der Waals surface area contributed by atoms with Gasteiger partial charge < -0.3 is 13.9 Å². The third-order valence-corrected chi connectivity index (χ3v) is 14.2. The summed E-state index contributed by atoms with van der Waals surface area (Å²) in [6.07, 6.45) is 0. The fourth-order valence-corrected chi connectivity index (χ4v) is 10.4. The summed E-state index contributed by atoms with van der Waals surface area (Å²) < 4.78 is 18.7. The van der Waals surface area contributed by atoms with Crippen molar-refractivity contribution in [2.24, 2.45) is 0 Å². The summed E-state index contributed by atoms with van der Waals surface area (Å²) in [6, 6.07) is 70.2. The first kappa shape index (κ1) is 41.6. The lowest BCUT2D eigenvalue weighted by molar-refractivity contribution is 0.590. The lowest BCUT2D eigenvalue weighted by atomic mass is 9.85. The van der Waals surface area contributed by atoms with Gasteiger partial charge in [0.2, 0.25) is 0 Å². The standard InChI is InChI=1S/C62H50N4OS/c1-61(2,3)44-23-33-54-52(37-44)53-38-45(62(4,5)6)24-34-55(53)66(54)48-29-20-42(21-30-48)49-32-35-56(60-59(49)63-68-64-60)65(46-25-16-40(17-26-46)39-12-8-7-9-13-39)47-27-18-41(19-28-47)43-22-31-51-50-14-10-11-15-57(50)67-58(51)36-43/h7-38H,1-6H3. The van der Waals surface area contributed by atoms with Gasteiger partial charge in [-0.25, -0.2) is 0 Å². The minimum atomic E-state index is 0.0410. The van der Waals surface area contributed by atoms with Gasteiger partial charge in [-0.15, -0.1) is 0 Å². The molecule has 68 heavy (non-hydrogen) atoms. The molecule has 0 aliphatic rings. The first-order valence-corrected chi connectivity index (χ1v) is 24.1. The van der Waals surface area contributed by atoms with Crippen LogP contribution in [-0.4, -0.2) is 13.3 Å². The van der Waals surface area contributed by atoms with E-state index in [1.165, 1.54) is 50.2 Å². The zero-order valence-electron chi connectivity index (χ0n) is 39.1. The lowest BCUT2D eigenvalue weighted by Crippen LogP contribution is -2.10. The van der Waals surface area contributed by atoms with Crippen LogP contribution in [0.1, 0.15) is 52.7 Å². The third kappa shape index (κ3) is 7.15. The molecule has 9 aromatic carbocycles. The average molecular weight is 899 g/mol. The third-order valence-electron chi connectivity index (χ3n) is 13.6. The highest BCUT2D eigenvalue weighted by Gasteiger charge is 2.23. The number of furan rings is 1. The molecule has 330 valence electrons. The van der Waals surface area contributed by atoms with Crippen LogP contribution in [-0.2, 0) is 10.8 Å². The Morgan fingerprint density at radius 3 is 1.59 bits per heavy atom. The van der Waals surface area contributed by atoms with Crippen molar-refractivity contribution in [3.05, 3.63) is 205 Å². The molecule has 5 nitrogen and oxygen atoms in total. The molecule has 0 aliphatic heterocycles. The average Bonchev–Trinajstić information content (AvgIpc) is 4.09. The molecule has 3 aromatic heterocycles. The number of hydrogen-bond acceptors (Lipinski definition) is 5. The van der Waals surface area contributed by atoms with E-state index in [-0.39, 0.29) is 10.8 Å². The van der Waals surface area contributed by atoms with Crippen molar-refractivity contribution in [2.75, 3.05) is 4.90 Å². The SMILES string of the molecule is CC(C)(C)c1ccc2c(c1)c1cc(C(C)(C)C)ccc1n2-c1ccc(-c2ccc(N(c3ccc(-c4ccccc4)cc3)c3ccc(-c4ccc5c(c4)oc4ccccc45)cc3)c3nsnc23)cc1. The largest absolute Gasteiger partial charge is 0.456 e. The van der Waals surface area contributed by atoms with Gasteiger partial charge in [0, 0.05) is 44.2 Å². The second-order valence-corrected chi connectivity index (χ2v) is 20.6. The Balaban J connectivity index is 0.933. The summed E-state index contributed by atoms with van der Waals surface area (Å²) >= 11 is 1.26. The molecule has 0 radical (unpaired) electrons. The molecule has 0 unspecified atom stereocenters. The van der Waals surface area contributed by atoms with Crippen molar-refractivity contribution in [2.45, 2.75) is 52.4 Å². The summed E-state index contributed by atoms with van der Waals surface area (Å²) in [5.41, 5.74) is 19.5. The molecule has 3 heterocycles. The smallest absolute Gasteiger partial charge is 0.136 e. The summed E-state index contributed by atoms with van der Waals surface area (Å²) in [7, 11) is 0. The van der Waals surface area contributed by atoms with Crippen molar-refractivity contribution in [3.8, 4) is 39.1 Å². The Labute approximate surface area is 400 Å². The maximum absolute atomic E-state index is 6.27. The molecule has 0 atom stereocenters. The number of nitrogens with zero attached hydrogens (tertiary/aromatic N) is 4. The number of aromatic nitrogens is 3. The molecule has 0 aliphatic carbocycles. The van der Waals surface area contributed by atoms with Crippen molar-refractivity contribution >= 4 is 83.6 Å². The first-order chi connectivity index (χ1) is 33.0. The van der Waals surface area contributed by atoms with E-state index in [1.54, 1.807) is 0 Å². The van der Waals surface area contributed by atoms with Gasteiger partial charge in [-0.1, -0.05) is 145 Å². The Kier molecular flexibility index (Phi) is 9.75. The predicted molar refractivity (Wildman–Crippen MR) is 287 cm³/mol. The van der Waals surface area contributed by atoms with Crippen molar-refractivity contribution in [1.29, 1.82) is 0 Å². The summed E-state index contributed by atoms with van der Waals surface area (Å²) in [6.45, 7) is 13.7. The molecule has 0 amide bonds. The van der Waals surface area contributed by atoms with Crippen LogP contribution in [0.4, 0.5) is 17.1 Å². The summed E-state index contributed by atoms with van der Waals surface area (Å²) in [5.74, 6) is 0. The molecule has 0 saturated carbocycles. The Morgan fingerprint density at radius 1 is 0.426 bits per heavy atom. The molecule has 12 rings (SSSR count). The number of hydrogen-bond donors (Lipinski definition) is 0. The molecule has 0 fully saturated rings. The molecular weight excluding hydrogens is 849 g/mol. The maximum Gasteiger partial charge on any atom is 0.136 e. The van der Waals surface area contributed by atoms with Crippen LogP contribution < -0.4 is 4.90 Å². The van der Waals surface area contributed by atoms with E-state index in [4.69, 9.17) is 13.2 Å². The van der Waals surface area contributed by atoms with Crippen LogP contribution in [0.2, 0.25) is 0 Å². The van der Waals surface area contributed by atoms with Gasteiger partial charge >= 0.3 is 0 Å². The number of benzene rings is 9. The molecule has 0 bridgehead atoms. The Hall–Kier alpha value is -7.80. The van der Waals surface area contributed by atoms with Gasteiger partial charge in [0.1, 0.15) is 22.2 Å². The van der Waals surface area contributed by atoms with E-state index in [0.29, 0.717) is 0 Å². The van der Waals surface area contributed by atoms with Gasteiger partial charge in [-0.05, 0) is 141 Å². The van der Waals surface area contributed by atoms with Crippen molar-refractivity contribution in [3.63, 3.8) is 0 Å². The number of fused-ring (bicyclic) bond motifs is 7. The summed E-state index contributed by atoms with van der Waals surface area (Å²) in [4.78, 5) is 2.30. The van der Waals surface area contributed by atoms with Crippen molar-refractivity contribution in [1.82, 2.24) is 13.3 Å². The van der Waals surface area contributed by atoms with E-state index in [0.717, 1.165) is 83.5 Å². The maximum atomic E-state index is 6.27. The van der Waals surface area contributed by atoms with Crippen LogP contribution in [0.25, 0.3) is 93.8 Å². The van der Waals surface area contributed by atoms with Crippen LogP contribution in [0.5, 0.6) is 0 Å². The van der Waals surface area contributed by atoms with Crippen LogP contribution in [0.15, 0.2) is 199 Å². The van der Waals surface area contributed by atoms with Crippen LogP contribution in [0, 0.1) is 0 Å². The van der Waals surface area contributed by atoms with Gasteiger partial charge in [0.25, 0.3) is 0 Å². The highest BCUT2D eigenvalue weighted by Crippen LogP contribution is 2.44. The molecule has 0 N–H and O–H groups in total. The highest BCUT2D eigenvalue weighted by atomic mass is 32.1. The number of anilines is 3. The molecular formula is C62H50N4OS. The Morgan fingerprint density at radius 2 is 0.956 bits per heavy atom. The minimum Gasteiger partial charge on any atom is -0.456 e. The van der Waals surface area contributed by atoms with E-state index in [9.17, 15) is 0 Å². The van der Waals surface area contributed by atoms with Crippen LogP contribution >= 0.6 is 11.7 Å². The fourth-order valence-electron chi connectivity index (χ4n) is 9.86. The van der Waals surface area contributed by atoms with E-state index >= 15 is 0 Å². The number of rotatable bonds is 7. The zero-order chi connectivity index (χ0) is 46.3. The normalized spacial score (nSPS) is 12.3. The van der Waals surface area contributed by atoms with Gasteiger partial charge in [0.15, 0.2) is 0 Å². The van der Waals surface area contributed by atoms with Crippen LogP contribution in [0.3, 0.4) is 0 Å². The summed E-state index contributed by atoms with van der Waals surface area (Å²) in [5, 5.41) is 4.82. The zero-order valence-corrected chi connectivity index (χ0v) is 39.9. The molecule has 0 saturated heterocycles. The number of para-hydroxylation sites is 1. The molecule has 12 aromatic rings. The molecule has 0 spiro atoms. The Bertz CT molecular complexity index is 3770. The predicted octanol–water partition coefficient (Wildman–Crippen LogP) is 17.8. The van der Waals surface area contributed by atoms with Crippen molar-refractivity contribution < 1.29 is 4.42 Å². The van der Waals surface area contributed by atoms with E-state index < -0.39 is 0 Å². The van der Waals surface area contributed by atoms with Gasteiger partial charge in [-0.2, -0.15) is 8.75 Å². The second kappa shape index (κ2) is 15.9. The monoisotopic (exact) mass is 898 g/mol. The minimum absolute atomic E-state index is 0.0410. The quantitative estimate of drug-likeness (QED) is 0.160. The van der Waals surface area contributed by atoms with Gasteiger partial charge in [-0.3, -0.25) is 0 Å². The van der Waals surface area contributed by atoms with E-state index in [2.05, 4.69) is 233 Å². The van der Waals surface area contributed by atoms with E-state index in [1.807, 2.05) is 12.1 Å². The first-order valence-electron chi connectivity index (χ1n) is 23.4. The van der Waals surface area contributed by atoms with Gasteiger partial charge in [0.05, 0.1) is 28.4 Å².